The SMILES string of the molecule is COc1ccc(CNC(=O)c2cc3c(=O)[nH]c4ccccc4c3n2C)c(OC)c1. The molecule has 4 aromatic rings. The number of para-hydroxylation sites is 1. The number of carbonyl (C=O) groups is 1. The van der Waals surface area contributed by atoms with Crippen LogP contribution in [0.3, 0.4) is 0 Å². The molecule has 0 unspecified atom stereocenters. The van der Waals surface area contributed by atoms with E-state index >= 15 is 0 Å². The third-order valence-corrected chi connectivity index (χ3v) is 5.07. The fraction of sp³-hybridized carbons (Fsp3) is 0.182. The summed E-state index contributed by atoms with van der Waals surface area (Å²) >= 11 is 0. The number of aryl methyl sites for hydroxylation is 1. The third kappa shape index (κ3) is 3.20. The number of aromatic nitrogens is 2. The average Bonchev–Trinajstić information content (AvgIpc) is 3.10. The minimum absolute atomic E-state index is 0.217. The number of hydrogen-bond acceptors (Lipinski definition) is 4. The van der Waals surface area contributed by atoms with Gasteiger partial charge in [0, 0.05) is 30.6 Å². The second-order valence-electron chi connectivity index (χ2n) is 6.71. The summed E-state index contributed by atoms with van der Waals surface area (Å²) in [6.45, 7) is 0.282. The molecule has 0 radical (unpaired) electrons. The van der Waals surface area contributed by atoms with Gasteiger partial charge in [-0.15, -0.1) is 0 Å². The van der Waals surface area contributed by atoms with E-state index in [-0.39, 0.29) is 18.0 Å². The predicted molar refractivity (Wildman–Crippen MR) is 112 cm³/mol. The van der Waals surface area contributed by atoms with Crippen LogP contribution in [-0.4, -0.2) is 29.7 Å². The van der Waals surface area contributed by atoms with Gasteiger partial charge in [-0.3, -0.25) is 9.59 Å². The molecular formula is C22H21N3O4. The van der Waals surface area contributed by atoms with Gasteiger partial charge in [-0.1, -0.05) is 18.2 Å². The zero-order chi connectivity index (χ0) is 20.5. The van der Waals surface area contributed by atoms with E-state index in [1.165, 1.54) is 0 Å². The van der Waals surface area contributed by atoms with Crippen molar-refractivity contribution in [1.29, 1.82) is 0 Å². The molecule has 0 atom stereocenters. The summed E-state index contributed by atoms with van der Waals surface area (Å²) in [4.78, 5) is 28.2. The molecule has 29 heavy (non-hydrogen) atoms. The lowest BCUT2D eigenvalue weighted by molar-refractivity contribution is 0.0943. The number of carbonyl (C=O) groups excluding carboxylic acids is 1. The number of pyridine rings is 1. The highest BCUT2D eigenvalue weighted by molar-refractivity contribution is 6.07. The number of nitrogens with one attached hydrogen (secondary N) is 2. The van der Waals surface area contributed by atoms with Crippen LogP contribution < -0.4 is 20.3 Å². The monoisotopic (exact) mass is 391 g/mol. The van der Waals surface area contributed by atoms with Gasteiger partial charge < -0.3 is 24.3 Å². The number of hydrogen-bond donors (Lipinski definition) is 2. The largest absolute Gasteiger partial charge is 0.497 e. The molecule has 2 heterocycles. The zero-order valence-electron chi connectivity index (χ0n) is 16.4. The average molecular weight is 391 g/mol. The number of nitrogens with zero attached hydrogens (tertiary/aromatic N) is 1. The number of aromatic amines is 1. The number of H-pyrrole nitrogens is 1. The Hall–Kier alpha value is -3.74. The van der Waals surface area contributed by atoms with Crippen molar-refractivity contribution < 1.29 is 14.3 Å². The molecule has 2 aromatic heterocycles. The van der Waals surface area contributed by atoms with Gasteiger partial charge in [0.1, 0.15) is 17.2 Å². The van der Waals surface area contributed by atoms with E-state index in [0.29, 0.717) is 22.6 Å². The highest BCUT2D eigenvalue weighted by Crippen LogP contribution is 2.26. The molecular weight excluding hydrogens is 370 g/mol. The molecule has 148 valence electrons. The molecule has 7 nitrogen and oxygen atoms in total. The Kier molecular flexibility index (Phi) is 4.72. The number of amides is 1. The summed E-state index contributed by atoms with van der Waals surface area (Å²) < 4.78 is 12.3. The summed E-state index contributed by atoms with van der Waals surface area (Å²) in [6, 6.07) is 14.6. The molecule has 1 amide bonds. The Morgan fingerprint density at radius 3 is 2.62 bits per heavy atom. The minimum Gasteiger partial charge on any atom is -0.497 e. The van der Waals surface area contributed by atoms with Crippen molar-refractivity contribution >= 4 is 27.7 Å². The molecule has 7 heteroatoms. The smallest absolute Gasteiger partial charge is 0.268 e. The first-order chi connectivity index (χ1) is 14.0. The van der Waals surface area contributed by atoms with E-state index in [9.17, 15) is 9.59 Å². The predicted octanol–water partition coefficient (Wildman–Crippen LogP) is 2.97. The van der Waals surface area contributed by atoms with Gasteiger partial charge >= 0.3 is 0 Å². The van der Waals surface area contributed by atoms with Crippen LogP contribution in [0, 0.1) is 0 Å². The minimum atomic E-state index is -0.273. The van der Waals surface area contributed by atoms with E-state index in [0.717, 1.165) is 22.0 Å². The van der Waals surface area contributed by atoms with Gasteiger partial charge in [-0.25, -0.2) is 0 Å². The molecule has 2 aromatic carbocycles. The maximum Gasteiger partial charge on any atom is 0.268 e. The van der Waals surface area contributed by atoms with Gasteiger partial charge in [-0.2, -0.15) is 0 Å². The molecule has 4 rings (SSSR count). The van der Waals surface area contributed by atoms with Gasteiger partial charge in [-0.05, 0) is 24.3 Å². The molecule has 0 fully saturated rings. The van der Waals surface area contributed by atoms with Crippen LogP contribution >= 0.6 is 0 Å². The van der Waals surface area contributed by atoms with E-state index in [1.807, 2.05) is 36.4 Å². The van der Waals surface area contributed by atoms with Crippen LogP contribution in [0.5, 0.6) is 11.5 Å². The van der Waals surface area contributed by atoms with Gasteiger partial charge in [0.2, 0.25) is 0 Å². The van der Waals surface area contributed by atoms with Crippen molar-refractivity contribution in [2.75, 3.05) is 14.2 Å². The van der Waals surface area contributed by atoms with E-state index < -0.39 is 0 Å². The topological polar surface area (TPSA) is 85.4 Å². The fourth-order valence-corrected chi connectivity index (χ4v) is 3.57. The van der Waals surface area contributed by atoms with E-state index in [1.54, 1.807) is 38.0 Å². The molecule has 0 aliphatic heterocycles. The number of fused-ring (bicyclic) bond motifs is 3. The normalized spacial score (nSPS) is 11.0. The van der Waals surface area contributed by atoms with Crippen LogP contribution in [0.1, 0.15) is 16.1 Å². The number of methoxy groups -OCH3 is 2. The maximum absolute atomic E-state index is 12.9. The van der Waals surface area contributed by atoms with E-state index in [4.69, 9.17) is 9.47 Å². The van der Waals surface area contributed by atoms with E-state index in [2.05, 4.69) is 10.3 Å². The first-order valence-corrected chi connectivity index (χ1v) is 9.13. The molecule has 0 spiro atoms. The summed E-state index contributed by atoms with van der Waals surface area (Å²) in [5.41, 5.74) is 2.49. The van der Waals surface area contributed by atoms with Crippen LogP contribution in [0.15, 0.2) is 53.3 Å². The second-order valence-corrected chi connectivity index (χ2v) is 6.71. The van der Waals surface area contributed by atoms with Crippen LogP contribution in [0.2, 0.25) is 0 Å². The lowest BCUT2D eigenvalue weighted by atomic mass is 10.1. The lowest BCUT2D eigenvalue weighted by Crippen LogP contribution is -2.25. The van der Waals surface area contributed by atoms with Crippen molar-refractivity contribution in [1.82, 2.24) is 14.9 Å². The maximum atomic E-state index is 12.9. The Bertz CT molecular complexity index is 1290. The van der Waals surface area contributed by atoms with Gasteiger partial charge in [0.05, 0.1) is 30.6 Å². The zero-order valence-corrected chi connectivity index (χ0v) is 16.4. The van der Waals surface area contributed by atoms with Crippen molar-refractivity contribution in [3.63, 3.8) is 0 Å². The third-order valence-electron chi connectivity index (χ3n) is 5.07. The summed E-state index contributed by atoms with van der Waals surface area (Å²) in [6.07, 6.45) is 0. The molecule has 0 bridgehead atoms. The molecule has 0 aliphatic rings. The van der Waals surface area contributed by atoms with Crippen LogP contribution in [0.4, 0.5) is 0 Å². The van der Waals surface area contributed by atoms with Gasteiger partial charge in [0.15, 0.2) is 0 Å². The molecule has 0 saturated heterocycles. The summed E-state index contributed by atoms with van der Waals surface area (Å²) in [5, 5.41) is 4.28. The Morgan fingerprint density at radius 1 is 1.07 bits per heavy atom. The second kappa shape index (κ2) is 7.35. The van der Waals surface area contributed by atoms with Gasteiger partial charge in [0.25, 0.3) is 11.5 Å². The van der Waals surface area contributed by atoms with Crippen molar-refractivity contribution in [3.8, 4) is 11.5 Å². The molecule has 0 saturated carbocycles. The fourth-order valence-electron chi connectivity index (χ4n) is 3.57. The quantitative estimate of drug-likeness (QED) is 0.548. The first-order valence-electron chi connectivity index (χ1n) is 9.13. The molecule has 2 N–H and O–H groups in total. The van der Waals surface area contributed by atoms with Crippen molar-refractivity contribution in [2.45, 2.75) is 6.54 Å². The van der Waals surface area contributed by atoms with Crippen LogP contribution in [0.25, 0.3) is 21.8 Å². The Morgan fingerprint density at radius 2 is 1.86 bits per heavy atom. The Balaban J connectivity index is 1.68. The number of ether oxygens (including phenoxy) is 2. The van der Waals surface area contributed by atoms with Crippen molar-refractivity contribution in [3.05, 3.63) is 70.1 Å². The summed E-state index contributed by atoms with van der Waals surface area (Å²) in [7, 11) is 4.94. The first kappa shape index (κ1) is 18.6. The van der Waals surface area contributed by atoms with Crippen molar-refractivity contribution in [2.24, 2.45) is 7.05 Å². The lowest BCUT2D eigenvalue weighted by Gasteiger charge is -2.12. The Labute approximate surface area is 166 Å². The highest BCUT2D eigenvalue weighted by atomic mass is 16.5. The summed E-state index contributed by atoms with van der Waals surface area (Å²) in [5.74, 6) is 1.03. The standard InChI is InChI=1S/C22H21N3O4/c1-25-18(11-16-20(25)15-6-4-5-7-17(15)24-21(16)26)22(27)23-12-13-8-9-14(28-2)10-19(13)29-3/h4-11H,12H2,1-3H3,(H,23,27)(H,24,26). The molecule has 0 aliphatic carbocycles. The highest BCUT2D eigenvalue weighted by Gasteiger charge is 2.18. The number of benzene rings is 2. The number of rotatable bonds is 5. The van der Waals surface area contributed by atoms with Crippen LogP contribution in [-0.2, 0) is 13.6 Å².